The van der Waals surface area contributed by atoms with Crippen LogP contribution in [0.4, 0.5) is 0 Å². The van der Waals surface area contributed by atoms with Gasteiger partial charge in [-0.05, 0) is 45.1 Å². The fourth-order valence-electron chi connectivity index (χ4n) is 3.56. The Morgan fingerprint density at radius 3 is 2.50 bits per heavy atom. The van der Waals surface area contributed by atoms with Gasteiger partial charge in [0.25, 0.3) is 0 Å². The first kappa shape index (κ1) is 14.3. The van der Waals surface area contributed by atoms with E-state index in [2.05, 4.69) is 17.3 Å². The van der Waals surface area contributed by atoms with Crippen LogP contribution in [0.2, 0.25) is 0 Å². The normalized spacial score (nSPS) is 29.5. The second kappa shape index (κ2) is 7.46. The second-order valence-corrected chi connectivity index (χ2v) is 6.10. The van der Waals surface area contributed by atoms with Crippen LogP contribution in [0.15, 0.2) is 0 Å². The van der Waals surface area contributed by atoms with E-state index in [1.54, 1.807) is 0 Å². The molecule has 2 aliphatic carbocycles. The van der Waals surface area contributed by atoms with Gasteiger partial charge in [-0.2, -0.15) is 0 Å². The minimum Gasteiger partial charge on any atom is -0.396 e. The molecule has 0 radical (unpaired) electrons. The summed E-state index contributed by atoms with van der Waals surface area (Å²) >= 11 is 0. The van der Waals surface area contributed by atoms with Crippen molar-refractivity contribution in [2.45, 2.75) is 63.5 Å². The molecule has 0 aromatic carbocycles. The van der Waals surface area contributed by atoms with E-state index < -0.39 is 0 Å². The summed E-state index contributed by atoms with van der Waals surface area (Å²) in [5, 5.41) is 12.6. The lowest BCUT2D eigenvalue weighted by Crippen LogP contribution is -2.48. The maximum atomic E-state index is 9.05. The molecule has 2 N–H and O–H groups in total. The molecule has 0 bridgehead atoms. The van der Waals surface area contributed by atoms with Crippen molar-refractivity contribution < 1.29 is 5.11 Å². The highest BCUT2D eigenvalue weighted by Crippen LogP contribution is 2.30. The van der Waals surface area contributed by atoms with E-state index in [0.29, 0.717) is 6.61 Å². The van der Waals surface area contributed by atoms with Crippen molar-refractivity contribution in [1.82, 2.24) is 10.2 Å². The van der Waals surface area contributed by atoms with Crippen molar-refractivity contribution in [2.24, 2.45) is 5.92 Å². The van der Waals surface area contributed by atoms with Crippen LogP contribution in [-0.2, 0) is 0 Å². The van der Waals surface area contributed by atoms with Gasteiger partial charge in [-0.1, -0.05) is 19.3 Å². The molecule has 0 aromatic heterocycles. The number of rotatable bonds is 7. The van der Waals surface area contributed by atoms with Gasteiger partial charge < -0.3 is 10.4 Å². The molecule has 0 aromatic rings. The maximum absolute atomic E-state index is 9.05. The van der Waals surface area contributed by atoms with E-state index in [9.17, 15) is 0 Å². The number of hydrogen-bond donors (Lipinski definition) is 2. The summed E-state index contributed by atoms with van der Waals surface area (Å²) in [5.74, 6) is 0.822. The van der Waals surface area contributed by atoms with E-state index >= 15 is 0 Å². The molecule has 0 aliphatic heterocycles. The standard InChI is InChI=1S/C15H30N2O/c1-16-15-9-3-2-6-13(15)12-17(10-5-11-18)14-7-4-8-14/h13-16,18H,2-12H2,1H3. The molecule has 2 saturated carbocycles. The van der Waals surface area contributed by atoms with Crippen LogP contribution in [0.1, 0.15) is 51.4 Å². The van der Waals surface area contributed by atoms with Crippen molar-refractivity contribution in [1.29, 1.82) is 0 Å². The third-order valence-electron chi connectivity index (χ3n) is 4.94. The zero-order chi connectivity index (χ0) is 12.8. The van der Waals surface area contributed by atoms with Crippen LogP contribution in [0.3, 0.4) is 0 Å². The lowest BCUT2D eigenvalue weighted by molar-refractivity contribution is 0.0803. The summed E-state index contributed by atoms with van der Waals surface area (Å²) in [5.41, 5.74) is 0. The van der Waals surface area contributed by atoms with Crippen LogP contribution in [0, 0.1) is 5.92 Å². The van der Waals surface area contributed by atoms with Crippen molar-refractivity contribution in [3.8, 4) is 0 Å². The Labute approximate surface area is 112 Å². The largest absolute Gasteiger partial charge is 0.396 e. The van der Waals surface area contributed by atoms with Gasteiger partial charge in [-0.25, -0.2) is 0 Å². The smallest absolute Gasteiger partial charge is 0.0443 e. The van der Waals surface area contributed by atoms with Crippen molar-refractivity contribution in [3.63, 3.8) is 0 Å². The quantitative estimate of drug-likeness (QED) is 0.729. The van der Waals surface area contributed by atoms with Crippen LogP contribution < -0.4 is 5.32 Å². The van der Waals surface area contributed by atoms with Crippen LogP contribution in [0.5, 0.6) is 0 Å². The third kappa shape index (κ3) is 3.69. The lowest BCUT2D eigenvalue weighted by Gasteiger charge is -2.42. The average Bonchev–Trinajstić information content (AvgIpc) is 2.34. The Morgan fingerprint density at radius 1 is 1.11 bits per heavy atom. The first-order chi connectivity index (χ1) is 8.85. The van der Waals surface area contributed by atoms with E-state index in [-0.39, 0.29) is 0 Å². The van der Waals surface area contributed by atoms with E-state index in [0.717, 1.165) is 31.0 Å². The highest BCUT2D eigenvalue weighted by atomic mass is 16.3. The average molecular weight is 254 g/mol. The molecule has 106 valence electrons. The molecule has 0 spiro atoms. The van der Waals surface area contributed by atoms with Crippen LogP contribution in [-0.4, -0.2) is 48.8 Å². The van der Waals surface area contributed by atoms with Gasteiger partial charge in [0.1, 0.15) is 0 Å². The molecule has 2 unspecified atom stereocenters. The number of hydrogen-bond acceptors (Lipinski definition) is 3. The number of aliphatic hydroxyl groups is 1. The van der Waals surface area contributed by atoms with Crippen molar-refractivity contribution in [3.05, 3.63) is 0 Å². The van der Waals surface area contributed by atoms with E-state index in [1.165, 1.54) is 51.5 Å². The third-order valence-corrected chi connectivity index (χ3v) is 4.94. The molecule has 3 nitrogen and oxygen atoms in total. The maximum Gasteiger partial charge on any atom is 0.0443 e. The van der Waals surface area contributed by atoms with Crippen LogP contribution in [0.25, 0.3) is 0 Å². The predicted octanol–water partition coefficient (Wildman–Crippen LogP) is 2.00. The minimum absolute atomic E-state index is 0.337. The van der Waals surface area contributed by atoms with Gasteiger partial charge in [0.2, 0.25) is 0 Å². The van der Waals surface area contributed by atoms with Crippen LogP contribution >= 0.6 is 0 Å². The van der Waals surface area contributed by atoms with Crippen molar-refractivity contribution >= 4 is 0 Å². The molecule has 0 saturated heterocycles. The molecular formula is C15H30N2O. The summed E-state index contributed by atoms with van der Waals surface area (Å²) in [6.07, 6.45) is 10.6. The van der Waals surface area contributed by atoms with E-state index in [4.69, 9.17) is 5.11 Å². The second-order valence-electron chi connectivity index (χ2n) is 6.10. The Hall–Kier alpha value is -0.120. The molecule has 2 fully saturated rings. The Bertz CT molecular complexity index is 231. The molecule has 2 aliphatic rings. The van der Waals surface area contributed by atoms with Gasteiger partial charge in [0.05, 0.1) is 0 Å². The molecule has 0 heterocycles. The van der Waals surface area contributed by atoms with Gasteiger partial charge in [-0.15, -0.1) is 0 Å². The monoisotopic (exact) mass is 254 g/mol. The minimum atomic E-state index is 0.337. The molecular weight excluding hydrogens is 224 g/mol. The van der Waals surface area contributed by atoms with E-state index in [1.807, 2.05) is 0 Å². The summed E-state index contributed by atoms with van der Waals surface area (Å²) < 4.78 is 0. The van der Waals surface area contributed by atoms with Gasteiger partial charge >= 0.3 is 0 Å². The SMILES string of the molecule is CNC1CCCCC1CN(CCCO)C1CCC1. The molecule has 2 rings (SSSR count). The van der Waals surface area contributed by atoms with Gasteiger partial charge in [-0.3, -0.25) is 4.90 Å². The Morgan fingerprint density at radius 2 is 1.89 bits per heavy atom. The summed E-state index contributed by atoms with van der Waals surface area (Å²) in [6, 6.07) is 1.53. The number of nitrogens with one attached hydrogen (secondary N) is 1. The van der Waals surface area contributed by atoms with Gasteiger partial charge in [0, 0.05) is 31.8 Å². The highest BCUT2D eigenvalue weighted by molar-refractivity contribution is 4.86. The first-order valence-electron chi connectivity index (χ1n) is 7.87. The molecule has 18 heavy (non-hydrogen) atoms. The lowest BCUT2D eigenvalue weighted by atomic mass is 9.82. The van der Waals surface area contributed by atoms with Crippen molar-refractivity contribution in [2.75, 3.05) is 26.7 Å². The molecule has 0 amide bonds. The fourth-order valence-corrected chi connectivity index (χ4v) is 3.56. The van der Waals surface area contributed by atoms with Gasteiger partial charge in [0.15, 0.2) is 0 Å². The molecule has 2 atom stereocenters. The highest BCUT2D eigenvalue weighted by Gasteiger charge is 2.30. The summed E-state index contributed by atoms with van der Waals surface area (Å²) in [7, 11) is 2.12. The molecule has 3 heteroatoms. The topological polar surface area (TPSA) is 35.5 Å². The summed E-state index contributed by atoms with van der Waals surface area (Å²) in [6.45, 7) is 2.67. The first-order valence-corrected chi connectivity index (χ1v) is 7.87. The zero-order valence-corrected chi connectivity index (χ0v) is 11.9. The number of aliphatic hydroxyl groups excluding tert-OH is 1. The fraction of sp³-hybridized carbons (Fsp3) is 1.00. The Balaban J connectivity index is 1.85. The number of nitrogens with zero attached hydrogens (tertiary/aromatic N) is 1. The summed E-state index contributed by atoms with van der Waals surface area (Å²) in [4.78, 5) is 2.67. The zero-order valence-electron chi connectivity index (χ0n) is 11.9. The predicted molar refractivity (Wildman–Crippen MR) is 75.7 cm³/mol. The Kier molecular flexibility index (Phi) is 5.93.